The van der Waals surface area contributed by atoms with Crippen molar-refractivity contribution in [3.8, 4) is 0 Å². The molecule has 60 valence electrons. The van der Waals surface area contributed by atoms with E-state index in [1.807, 2.05) is 6.07 Å². The highest BCUT2D eigenvalue weighted by atomic mass is 79.9. The monoisotopic (exact) mass is 214 g/mol. The molecule has 1 aliphatic carbocycles. The van der Waals surface area contributed by atoms with Crippen LogP contribution in [0.2, 0.25) is 0 Å². The first-order chi connectivity index (χ1) is 5.38. The smallest absolute Gasteiger partial charge is 0.107 e. The highest BCUT2D eigenvalue weighted by molar-refractivity contribution is 9.09. The molecule has 0 aliphatic heterocycles. The van der Waals surface area contributed by atoms with Gasteiger partial charge < -0.3 is 4.42 Å². The van der Waals surface area contributed by atoms with Gasteiger partial charge in [-0.25, -0.2) is 0 Å². The summed E-state index contributed by atoms with van der Waals surface area (Å²) in [4.78, 5) is 0.633. The average molecular weight is 215 g/mol. The minimum atomic E-state index is 0.616. The third-order valence-electron chi connectivity index (χ3n) is 2.34. The maximum atomic E-state index is 5.36. The summed E-state index contributed by atoms with van der Waals surface area (Å²) in [6.07, 6.45) is 5.63. The van der Waals surface area contributed by atoms with E-state index in [0.29, 0.717) is 10.7 Å². The Morgan fingerprint density at radius 1 is 1.45 bits per heavy atom. The molecule has 1 aromatic heterocycles. The lowest BCUT2D eigenvalue weighted by Crippen LogP contribution is -2.02. The summed E-state index contributed by atoms with van der Waals surface area (Å²) in [6, 6.07) is 4.04. The van der Waals surface area contributed by atoms with Crippen molar-refractivity contribution in [2.24, 2.45) is 0 Å². The van der Waals surface area contributed by atoms with Crippen molar-refractivity contribution in [2.75, 3.05) is 0 Å². The summed E-state index contributed by atoms with van der Waals surface area (Å²) in [5.74, 6) is 1.76. The zero-order chi connectivity index (χ0) is 7.68. The summed E-state index contributed by atoms with van der Waals surface area (Å²) in [5.41, 5.74) is 0. The number of halogens is 1. The molecule has 1 aliphatic rings. The summed E-state index contributed by atoms with van der Waals surface area (Å²) < 4.78 is 5.36. The molecular formula is C9H11BrO. The van der Waals surface area contributed by atoms with Crippen molar-refractivity contribution in [1.29, 1.82) is 0 Å². The summed E-state index contributed by atoms with van der Waals surface area (Å²) in [7, 11) is 0. The van der Waals surface area contributed by atoms with Gasteiger partial charge in [-0.15, -0.1) is 0 Å². The van der Waals surface area contributed by atoms with Gasteiger partial charge in [0, 0.05) is 10.7 Å². The second kappa shape index (κ2) is 3.02. The van der Waals surface area contributed by atoms with Crippen molar-refractivity contribution >= 4 is 15.9 Å². The molecule has 1 fully saturated rings. The Labute approximate surface area is 74.9 Å². The first-order valence-corrected chi connectivity index (χ1v) is 4.97. The largest absolute Gasteiger partial charge is 0.469 e. The first kappa shape index (κ1) is 7.41. The molecule has 11 heavy (non-hydrogen) atoms. The molecule has 2 unspecified atom stereocenters. The predicted molar refractivity (Wildman–Crippen MR) is 48.0 cm³/mol. The van der Waals surface area contributed by atoms with Crippen LogP contribution >= 0.6 is 15.9 Å². The molecule has 1 heterocycles. The molecule has 0 amide bonds. The molecular weight excluding hydrogens is 204 g/mol. The fourth-order valence-corrected chi connectivity index (χ4v) is 2.59. The van der Waals surface area contributed by atoms with Gasteiger partial charge in [0.25, 0.3) is 0 Å². The minimum absolute atomic E-state index is 0.616. The van der Waals surface area contributed by atoms with Gasteiger partial charge in [0.05, 0.1) is 6.26 Å². The second-order valence-electron chi connectivity index (χ2n) is 3.07. The number of furan rings is 1. The molecule has 1 saturated carbocycles. The van der Waals surface area contributed by atoms with Gasteiger partial charge in [0.1, 0.15) is 5.76 Å². The van der Waals surface area contributed by atoms with Crippen LogP contribution in [0.4, 0.5) is 0 Å². The molecule has 1 aromatic rings. The van der Waals surface area contributed by atoms with E-state index in [-0.39, 0.29) is 0 Å². The molecule has 0 bridgehead atoms. The maximum absolute atomic E-state index is 5.36. The van der Waals surface area contributed by atoms with Crippen LogP contribution in [0.1, 0.15) is 30.9 Å². The normalized spacial score (nSPS) is 31.0. The lowest BCUT2D eigenvalue weighted by atomic mass is 10.1. The van der Waals surface area contributed by atoms with Gasteiger partial charge in [-0.3, -0.25) is 0 Å². The average Bonchev–Trinajstić information content (AvgIpc) is 2.55. The number of hydrogen-bond acceptors (Lipinski definition) is 1. The zero-order valence-corrected chi connectivity index (χ0v) is 7.88. The van der Waals surface area contributed by atoms with Gasteiger partial charge >= 0.3 is 0 Å². The minimum Gasteiger partial charge on any atom is -0.469 e. The van der Waals surface area contributed by atoms with Gasteiger partial charge in [-0.1, -0.05) is 22.4 Å². The first-order valence-electron chi connectivity index (χ1n) is 4.05. The van der Waals surface area contributed by atoms with Crippen molar-refractivity contribution < 1.29 is 4.42 Å². The Morgan fingerprint density at radius 2 is 2.36 bits per heavy atom. The summed E-state index contributed by atoms with van der Waals surface area (Å²) in [6.45, 7) is 0. The van der Waals surface area contributed by atoms with Crippen LogP contribution in [0.5, 0.6) is 0 Å². The van der Waals surface area contributed by atoms with Gasteiger partial charge in [-0.05, 0) is 25.0 Å². The molecule has 0 saturated heterocycles. The van der Waals surface area contributed by atoms with Crippen molar-refractivity contribution in [3.63, 3.8) is 0 Å². The predicted octanol–water partition coefficient (Wildman–Crippen LogP) is 3.31. The lowest BCUT2D eigenvalue weighted by molar-refractivity contribution is 0.469. The second-order valence-corrected chi connectivity index (χ2v) is 4.24. The van der Waals surface area contributed by atoms with E-state index in [9.17, 15) is 0 Å². The van der Waals surface area contributed by atoms with Crippen LogP contribution in [0.25, 0.3) is 0 Å². The van der Waals surface area contributed by atoms with Crippen LogP contribution in [-0.4, -0.2) is 4.83 Å². The third kappa shape index (κ3) is 1.36. The standard InChI is InChI=1S/C9H11BrO/c10-8-4-1-3-7(8)9-5-2-6-11-9/h2,5-8H,1,3-4H2. The molecule has 2 atom stereocenters. The van der Waals surface area contributed by atoms with Crippen LogP contribution in [0, 0.1) is 0 Å². The molecule has 1 nitrogen and oxygen atoms in total. The van der Waals surface area contributed by atoms with E-state index in [1.54, 1.807) is 6.26 Å². The van der Waals surface area contributed by atoms with Crippen molar-refractivity contribution in [3.05, 3.63) is 24.2 Å². The Kier molecular flexibility index (Phi) is 2.03. The van der Waals surface area contributed by atoms with Gasteiger partial charge in [-0.2, -0.15) is 0 Å². The maximum Gasteiger partial charge on any atom is 0.107 e. The summed E-state index contributed by atoms with van der Waals surface area (Å²) >= 11 is 3.67. The van der Waals surface area contributed by atoms with E-state index in [1.165, 1.54) is 19.3 Å². The van der Waals surface area contributed by atoms with Crippen molar-refractivity contribution in [2.45, 2.75) is 30.0 Å². The highest BCUT2D eigenvalue weighted by Crippen LogP contribution is 2.39. The van der Waals surface area contributed by atoms with E-state index in [2.05, 4.69) is 22.0 Å². The number of hydrogen-bond donors (Lipinski definition) is 0. The fourth-order valence-electron chi connectivity index (χ4n) is 1.74. The Balaban J connectivity index is 2.16. The Hall–Kier alpha value is -0.240. The van der Waals surface area contributed by atoms with Crippen LogP contribution in [0.15, 0.2) is 22.8 Å². The number of rotatable bonds is 1. The van der Waals surface area contributed by atoms with Crippen LogP contribution < -0.4 is 0 Å². The summed E-state index contributed by atoms with van der Waals surface area (Å²) in [5, 5.41) is 0. The van der Waals surface area contributed by atoms with E-state index in [4.69, 9.17) is 4.42 Å². The third-order valence-corrected chi connectivity index (χ3v) is 3.44. The van der Waals surface area contributed by atoms with E-state index in [0.717, 1.165) is 5.76 Å². The lowest BCUT2D eigenvalue weighted by Gasteiger charge is -2.09. The zero-order valence-electron chi connectivity index (χ0n) is 6.29. The molecule has 0 N–H and O–H groups in total. The van der Waals surface area contributed by atoms with Crippen LogP contribution in [0.3, 0.4) is 0 Å². The van der Waals surface area contributed by atoms with Crippen LogP contribution in [-0.2, 0) is 0 Å². The van der Waals surface area contributed by atoms with Crippen molar-refractivity contribution in [1.82, 2.24) is 0 Å². The Morgan fingerprint density at radius 3 is 2.91 bits per heavy atom. The van der Waals surface area contributed by atoms with Gasteiger partial charge in [0.15, 0.2) is 0 Å². The Bertz CT molecular complexity index is 217. The SMILES string of the molecule is BrC1CCCC1c1ccco1. The molecule has 2 rings (SSSR count). The van der Waals surface area contributed by atoms with E-state index >= 15 is 0 Å². The molecule has 0 aromatic carbocycles. The molecule has 2 heteroatoms. The number of alkyl halides is 1. The van der Waals surface area contributed by atoms with E-state index < -0.39 is 0 Å². The fraction of sp³-hybridized carbons (Fsp3) is 0.556. The molecule has 0 spiro atoms. The molecule has 0 radical (unpaired) electrons. The highest BCUT2D eigenvalue weighted by Gasteiger charge is 2.27. The quantitative estimate of drug-likeness (QED) is 0.655. The van der Waals surface area contributed by atoms with Gasteiger partial charge in [0.2, 0.25) is 0 Å². The topological polar surface area (TPSA) is 13.1 Å².